The minimum absolute atomic E-state index is 0.0983. The number of fused-ring (bicyclic) bond motifs is 1. The number of hydrogen-bond donors (Lipinski definition) is 1. The van der Waals surface area contributed by atoms with Crippen LogP contribution in [0.2, 0.25) is 0 Å². The third-order valence-corrected chi connectivity index (χ3v) is 5.56. The quantitative estimate of drug-likeness (QED) is 0.878. The lowest BCUT2D eigenvalue weighted by Gasteiger charge is -2.19. The van der Waals surface area contributed by atoms with Gasteiger partial charge in [-0.05, 0) is 18.2 Å². The van der Waals surface area contributed by atoms with Crippen LogP contribution in [0.4, 0.5) is 5.69 Å². The fourth-order valence-corrected chi connectivity index (χ4v) is 4.29. The van der Waals surface area contributed by atoms with E-state index < -0.39 is 0 Å². The highest BCUT2D eigenvalue weighted by Gasteiger charge is 2.22. The lowest BCUT2D eigenvalue weighted by Crippen LogP contribution is -2.32. The minimum atomic E-state index is 0.0983. The first-order valence-corrected chi connectivity index (χ1v) is 8.38. The van der Waals surface area contributed by atoms with Crippen molar-refractivity contribution in [2.24, 2.45) is 0 Å². The first-order valence-electron chi connectivity index (χ1n) is 6.41. The van der Waals surface area contributed by atoms with Gasteiger partial charge in [-0.1, -0.05) is 18.2 Å². The van der Waals surface area contributed by atoms with E-state index in [0.29, 0.717) is 10.6 Å². The summed E-state index contributed by atoms with van der Waals surface area (Å²) in [6, 6.07) is 7.94. The molecule has 0 atom stereocenters. The van der Waals surface area contributed by atoms with E-state index in [1.807, 2.05) is 40.9 Å². The number of thiophene rings is 1. The third-order valence-electron chi connectivity index (χ3n) is 3.34. The topological polar surface area (TPSA) is 46.3 Å². The summed E-state index contributed by atoms with van der Waals surface area (Å²) in [6.45, 7) is 1.68. The van der Waals surface area contributed by atoms with E-state index >= 15 is 0 Å². The second-order valence-corrected chi connectivity index (χ2v) is 6.88. The summed E-state index contributed by atoms with van der Waals surface area (Å²) in [5, 5.41) is 1.00. The molecule has 1 saturated heterocycles. The van der Waals surface area contributed by atoms with E-state index in [1.165, 1.54) is 11.3 Å². The summed E-state index contributed by atoms with van der Waals surface area (Å²) in [5.74, 6) is 2.27. The number of carbonyl (C=O) groups is 1. The monoisotopic (exact) mass is 292 g/mol. The van der Waals surface area contributed by atoms with Crippen molar-refractivity contribution in [2.45, 2.75) is 6.42 Å². The van der Waals surface area contributed by atoms with Gasteiger partial charge in [0.1, 0.15) is 4.88 Å². The Balaban J connectivity index is 1.94. The van der Waals surface area contributed by atoms with Crippen LogP contribution in [-0.2, 0) is 0 Å². The standard InChI is InChI=1S/C14H16N2OS2/c15-12-10-4-1-2-5-11(10)19-13(12)14(17)16-6-3-8-18-9-7-16/h1-2,4-5H,3,6-9,15H2. The number of amides is 1. The van der Waals surface area contributed by atoms with Crippen LogP contribution in [-0.4, -0.2) is 35.4 Å². The maximum absolute atomic E-state index is 12.6. The molecule has 0 bridgehead atoms. The fraction of sp³-hybridized carbons (Fsp3) is 0.357. The van der Waals surface area contributed by atoms with E-state index in [1.54, 1.807) is 0 Å². The number of carbonyl (C=O) groups excluding carboxylic acids is 1. The van der Waals surface area contributed by atoms with Crippen LogP contribution < -0.4 is 5.73 Å². The molecule has 5 heteroatoms. The molecule has 0 radical (unpaired) electrons. The Bertz CT molecular complexity index is 601. The van der Waals surface area contributed by atoms with Crippen molar-refractivity contribution in [3.8, 4) is 0 Å². The van der Waals surface area contributed by atoms with E-state index in [9.17, 15) is 4.79 Å². The highest BCUT2D eigenvalue weighted by Crippen LogP contribution is 2.34. The van der Waals surface area contributed by atoms with E-state index in [4.69, 9.17) is 5.73 Å². The predicted molar refractivity (Wildman–Crippen MR) is 84.1 cm³/mol. The fourth-order valence-electron chi connectivity index (χ4n) is 2.32. The molecule has 100 valence electrons. The molecule has 1 aromatic heterocycles. The van der Waals surface area contributed by atoms with Crippen molar-refractivity contribution in [1.29, 1.82) is 0 Å². The number of nitrogens with two attached hydrogens (primary N) is 1. The SMILES string of the molecule is Nc1c(C(=O)N2CCCSCC2)sc2ccccc12. The number of benzene rings is 1. The van der Waals surface area contributed by atoms with Crippen LogP contribution in [0.15, 0.2) is 24.3 Å². The Morgan fingerprint density at radius 1 is 1.21 bits per heavy atom. The normalized spacial score (nSPS) is 16.5. The van der Waals surface area contributed by atoms with Gasteiger partial charge in [-0.3, -0.25) is 4.79 Å². The highest BCUT2D eigenvalue weighted by molar-refractivity contribution is 7.99. The van der Waals surface area contributed by atoms with Crippen LogP contribution in [0.1, 0.15) is 16.1 Å². The lowest BCUT2D eigenvalue weighted by atomic mass is 10.2. The summed E-state index contributed by atoms with van der Waals surface area (Å²) in [7, 11) is 0. The number of nitrogen functional groups attached to an aromatic ring is 1. The van der Waals surface area contributed by atoms with Crippen molar-refractivity contribution in [3.05, 3.63) is 29.1 Å². The second-order valence-electron chi connectivity index (χ2n) is 4.60. The summed E-state index contributed by atoms with van der Waals surface area (Å²) in [6.07, 6.45) is 1.07. The molecule has 1 amide bonds. The average Bonchev–Trinajstić information content (AvgIpc) is 2.64. The van der Waals surface area contributed by atoms with Crippen molar-refractivity contribution >= 4 is 44.8 Å². The summed E-state index contributed by atoms with van der Waals surface area (Å²) < 4.78 is 1.09. The molecule has 19 heavy (non-hydrogen) atoms. The van der Waals surface area contributed by atoms with Crippen molar-refractivity contribution in [2.75, 3.05) is 30.3 Å². The molecule has 3 rings (SSSR count). The van der Waals surface area contributed by atoms with Crippen LogP contribution in [0.3, 0.4) is 0 Å². The zero-order chi connectivity index (χ0) is 13.2. The largest absolute Gasteiger partial charge is 0.397 e. The van der Waals surface area contributed by atoms with Gasteiger partial charge in [-0.2, -0.15) is 11.8 Å². The molecule has 2 aromatic rings. The molecule has 1 aliphatic heterocycles. The van der Waals surface area contributed by atoms with E-state index in [2.05, 4.69) is 0 Å². The molecule has 0 aliphatic carbocycles. The van der Waals surface area contributed by atoms with Gasteiger partial charge in [-0.25, -0.2) is 0 Å². The average molecular weight is 292 g/mol. The number of thioether (sulfide) groups is 1. The maximum Gasteiger partial charge on any atom is 0.266 e. The van der Waals surface area contributed by atoms with E-state index in [0.717, 1.165) is 41.1 Å². The molecule has 1 aromatic carbocycles. The van der Waals surface area contributed by atoms with Crippen molar-refractivity contribution in [1.82, 2.24) is 4.90 Å². The Hall–Kier alpha value is -1.20. The van der Waals surface area contributed by atoms with Crippen LogP contribution >= 0.6 is 23.1 Å². The summed E-state index contributed by atoms with van der Waals surface area (Å²) in [5.41, 5.74) is 6.78. The van der Waals surface area contributed by atoms with Crippen molar-refractivity contribution in [3.63, 3.8) is 0 Å². The zero-order valence-corrected chi connectivity index (χ0v) is 12.2. The van der Waals surface area contributed by atoms with Gasteiger partial charge in [0.15, 0.2) is 0 Å². The van der Waals surface area contributed by atoms with Gasteiger partial charge in [-0.15, -0.1) is 11.3 Å². The van der Waals surface area contributed by atoms with Crippen LogP contribution in [0.25, 0.3) is 10.1 Å². The molecule has 0 spiro atoms. The Labute approximate surface area is 120 Å². The number of rotatable bonds is 1. The van der Waals surface area contributed by atoms with Crippen LogP contribution in [0, 0.1) is 0 Å². The second kappa shape index (κ2) is 5.43. The minimum Gasteiger partial charge on any atom is -0.397 e. The number of hydrogen-bond acceptors (Lipinski definition) is 4. The van der Waals surface area contributed by atoms with Gasteiger partial charge in [0.05, 0.1) is 5.69 Å². The Kier molecular flexibility index (Phi) is 3.66. The number of anilines is 1. The first kappa shape index (κ1) is 12.8. The smallest absolute Gasteiger partial charge is 0.266 e. The molecular weight excluding hydrogens is 276 g/mol. The third kappa shape index (κ3) is 2.44. The number of nitrogens with zero attached hydrogens (tertiary/aromatic N) is 1. The van der Waals surface area contributed by atoms with Gasteiger partial charge >= 0.3 is 0 Å². The summed E-state index contributed by atoms with van der Waals surface area (Å²) >= 11 is 3.43. The van der Waals surface area contributed by atoms with E-state index in [-0.39, 0.29) is 5.91 Å². The van der Waals surface area contributed by atoms with Gasteiger partial charge in [0, 0.05) is 28.9 Å². The summed E-state index contributed by atoms with van der Waals surface area (Å²) in [4.78, 5) is 15.2. The molecule has 0 saturated carbocycles. The van der Waals surface area contributed by atoms with Gasteiger partial charge in [0.25, 0.3) is 5.91 Å². The van der Waals surface area contributed by atoms with Crippen LogP contribution in [0.5, 0.6) is 0 Å². The lowest BCUT2D eigenvalue weighted by molar-refractivity contribution is 0.0774. The first-order chi connectivity index (χ1) is 9.27. The van der Waals surface area contributed by atoms with Gasteiger partial charge < -0.3 is 10.6 Å². The molecule has 2 heterocycles. The Morgan fingerprint density at radius 3 is 2.89 bits per heavy atom. The molecule has 0 unspecified atom stereocenters. The molecular formula is C14H16N2OS2. The van der Waals surface area contributed by atoms with Crippen molar-refractivity contribution < 1.29 is 4.79 Å². The maximum atomic E-state index is 12.6. The molecule has 1 fully saturated rings. The zero-order valence-electron chi connectivity index (χ0n) is 10.6. The van der Waals surface area contributed by atoms with Gasteiger partial charge in [0.2, 0.25) is 0 Å². The predicted octanol–water partition coefficient (Wildman–Crippen LogP) is 3.06. The highest BCUT2D eigenvalue weighted by atomic mass is 32.2. The molecule has 2 N–H and O–H groups in total. The molecule has 1 aliphatic rings. The molecule has 3 nitrogen and oxygen atoms in total. The Morgan fingerprint density at radius 2 is 2.05 bits per heavy atom.